The minimum absolute atomic E-state index is 0.00295. The van der Waals surface area contributed by atoms with Gasteiger partial charge in [0.15, 0.2) is 0 Å². The minimum Gasteiger partial charge on any atom is -0.384 e. The molecule has 0 radical (unpaired) electrons. The van der Waals surface area contributed by atoms with E-state index in [-0.39, 0.29) is 5.84 Å². The Kier molecular flexibility index (Phi) is 2.97. The third kappa shape index (κ3) is 2.16. The van der Waals surface area contributed by atoms with Crippen molar-refractivity contribution in [1.29, 1.82) is 5.41 Å². The Morgan fingerprint density at radius 1 is 1.14 bits per heavy atom. The molecule has 0 aliphatic carbocycles. The fraction of sp³-hybridized carbons (Fsp3) is 0.188. The first-order valence-corrected chi connectivity index (χ1v) is 6.74. The fourth-order valence-corrected chi connectivity index (χ4v) is 2.37. The van der Waals surface area contributed by atoms with Crippen LogP contribution in [0.3, 0.4) is 0 Å². The third-order valence-corrected chi connectivity index (χ3v) is 3.70. The van der Waals surface area contributed by atoms with Gasteiger partial charge >= 0.3 is 0 Å². The Hall–Kier alpha value is -2.69. The molecule has 2 aromatic heterocycles. The highest BCUT2D eigenvalue weighted by atomic mass is 15.1. The quantitative estimate of drug-likeness (QED) is 0.559. The van der Waals surface area contributed by atoms with Gasteiger partial charge in [0, 0.05) is 5.69 Å². The van der Waals surface area contributed by atoms with Gasteiger partial charge in [0.2, 0.25) is 0 Å². The second-order valence-corrected chi connectivity index (χ2v) is 5.28. The topological polar surface area (TPSA) is 80.6 Å². The number of aromatic nitrogens is 3. The van der Waals surface area contributed by atoms with E-state index in [4.69, 9.17) is 11.1 Å². The maximum absolute atomic E-state index is 7.74. The Bertz CT molecular complexity index is 860. The van der Waals surface area contributed by atoms with Crippen molar-refractivity contribution in [1.82, 2.24) is 14.5 Å². The highest BCUT2D eigenvalue weighted by molar-refractivity contribution is 5.98. The van der Waals surface area contributed by atoms with Crippen molar-refractivity contribution >= 4 is 16.9 Å². The Labute approximate surface area is 123 Å². The van der Waals surface area contributed by atoms with Gasteiger partial charge in [0.1, 0.15) is 18.0 Å². The van der Waals surface area contributed by atoms with E-state index in [2.05, 4.69) is 35.9 Å². The van der Waals surface area contributed by atoms with E-state index in [1.54, 1.807) is 6.33 Å². The van der Waals surface area contributed by atoms with E-state index < -0.39 is 0 Å². The van der Waals surface area contributed by atoms with Crippen LogP contribution >= 0.6 is 0 Å². The van der Waals surface area contributed by atoms with Crippen molar-refractivity contribution in [2.45, 2.75) is 20.8 Å². The summed E-state index contributed by atoms with van der Waals surface area (Å²) in [4.78, 5) is 8.98. The number of hydrogen-bond acceptors (Lipinski definition) is 3. The largest absolute Gasteiger partial charge is 0.384 e. The van der Waals surface area contributed by atoms with Crippen LogP contribution in [0.5, 0.6) is 0 Å². The van der Waals surface area contributed by atoms with Crippen molar-refractivity contribution < 1.29 is 0 Å². The number of imidazole rings is 1. The molecule has 0 saturated carbocycles. The van der Waals surface area contributed by atoms with Crippen LogP contribution in [0.25, 0.3) is 16.9 Å². The van der Waals surface area contributed by atoms with Crippen molar-refractivity contribution in [3.05, 3.63) is 53.0 Å². The molecule has 0 amide bonds. The molecule has 5 nitrogen and oxygen atoms in total. The van der Waals surface area contributed by atoms with E-state index >= 15 is 0 Å². The summed E-state index contributed by atoms with van der Waals surface area (Å²) in [5.74, 6) is 0.649. The second kappa shape index (κ2) is 4.70. The molecule has 106 valence electrons. The molecule has 0 aliphatic rings. The Morgan fingerprint density at radius 3 is 2.57 bits per heavy atom. The van der Waals surface area contributed by atoms with Crippen LogP contribution in [0, 0.1) is 26.2 Å². The van der Waals surface area contributed by atoms with Gasteiger partial charge in [-0.15, -0.1) is 0 Å². The Balaban J connectivity index is 2.33. The maximum atomic E-state index is 7.74. The molecule has 2 heterocycles. The van der Waals surface area contributed by atoms with Crippen LogP contribution in [-0.2, 0) is 0 Å². The van der Waals surface area contributed by atoms with Crippen LogP contribution in [0.2, 0.25) is 0 Å². The van der Waals surface area contributed by atoms with Crippen molar-refractivity contribution in [2.24, 2.45) is 5.73 Å². The van der Waals surface area contributed by atoms with Gasteiger partial charge in [-0.2, -0.15) is 0 Å². The molecule has 0 fully saturated rings. The van der Waals surface area contributed by atoms with Gasteiger partial charge in [-0.1, -0.05) is 0 Å². The number of rotatable bonds is 2. The van der Waals surface area contributed by atoms with Gasteiger partial charge in [0.25, 0.3) is 0 Å². The molecular weight excluding hydrogens is 262 g/mol. The van der Waals surface area contributed by atoms with E-state index in [9.17, 15) is 0 Å². The lowest BCUT2D eigenvalue weighted by Gasteiger charge is -2.10. The molecule has 0 aliphatic heterocycles. The number of nitrogen functional groups attached to an aromatic ring is 1. The predicted molar refractivity (Wildman–Crippen MR) is 84.1 cm³/mol. The summed E-state index contributed by atoms with van der Waals surface area (Å²) in [6.45, 7) is 6.06. The first-order chi connectivity index (χ1) is 9.97. The van der Waals surface area contributed by atoms with Crippen LogP contribution in [-0.4, -0.2) is 20.4 Å². The number of nitrogens with one attached hydrogen (secondary N) is 1. The fourth-order valence-electron chi connectivity index (χ4n) is 2.37. The number of pyridine rings is 1. The van der Waals surface area contributed by atoms with E-state index in [1.807, 2.05) is 23.6 Å². The molecule has 0 saturated heterocycles. The molecule has 0 unspecified atom stereocenters. The van der Waals surface area contributed by atoms with E-state index in [1.165, 1.54) is 11.1 Å². The normalized spacial score (nSPS) is 11.0. The highest BCUT2D eigenvalue weighted by Gasteiger charge is 2.13. The summed E-state index contributed by atoms with van der Waals surface area (Å²) in [5, 5.41) is 7.74. The van der Waals surface area contributed by atoms with E-state index in [0.29, 0.717) is 11.4 Å². The minimum atomic E-state index is 0.00295. The lowest BCUT2D eigenvalue weighted by Crippen LogP contribution is -2.16. The number of hydrogen-bond donors (Lipinski definition) is 2. The zero-order valence-corrected chi connectivity index (χ0v) is 12.3. The average Bonchev–Trinajstić information content (AvgIpc) is 2.81. The monoisotopic (exact) mass is 279 g/mol. The summed E-state index contributed by atoms with van der Waals surface area (Å²) in [6, 6.07) is 7.83. The summed E-state index contributed by atoms with van der Waals surface area (Å²) < 4.78 is 1.89. The number of amidine groups is 1. The maximum Gasteiger partial charge on any atom is 0.149 e. The molecule has 1 aromatic carbocycles. The zero-order valence-electron chi connectivity index (χ0n) is 12.3. The zero-order chi connectivity index (χ0) is 15.1. The number of aryl methyl sites for hydroxylation is 3. The summed E-state index contributed by atoms with van der Waals surface area (Å²) in [6.07, 6.45) is 1.73. The summed E-state index contributed by atoms with van der Waals surface area (Å²) >= 11 is 0. The molecule has 0 bridgehead atoms. The molecule has 0 spiro atoms. The SMILES string of the molecule is Cc1ccc(C(=N)N)c(-n2cnc3cc(C)c(C)cc32)n1. The number of fused-ring (bicyclic) bond motifs is 1. The van der Waals surface area contributed by atoms with Crippen LogP contribution in [0.15, 0.2) is 30.6 Å². The number of nitrogens with two attached hydrogens (primary N) is 1. The average molecular weight is 279 g/mol. The molecule has 3 aromatic rings. The van der Waals surface area contributed by atoms with Crippen molar-refractivity contribution in [3.8, 4) is 5.82 Å². The van der Waals surface area contributed by atoms with E-state index in [0.717, 1.165) is 16.7 Å². The first-order valence-electron chi connectivity index (χ1n) is 6.74. The number of nitrogens with zero attached hydrogens (tertiary/aromatic N) is 3. The summed E-state index contributed by atoms with van der Waals surface area (Å²) in [5.41, 5.74) is 11.4. The smallest absolute Gasteiger partial charge is 0.149 e. The summed E-state index contributed by atoms with van der Waals surface area (Å²) in [7, 11) is 0. The van der Waals surface area contributed by atoms with Crippen LogP contribution in [0.1, 0.15) is 22.4 Å². The van der Waals surface area contributed by atoms with Gasteiger partial charge in [0.05, 0.1) is 16.6 Å². The lowest BCUT2D eigenvalue weighted by atomic mass is 10.1. The third-order valence-electron chi connectivity index (χ3n) is 3.70. The van der Waals surface area contributed by atoms with Gasteiger partial charge < -0.3 is 5.73 Å². The molecule has 0 atom stereocenters. The van der Waals surface area contributed by atoms with Crippen LogP contribution < -0.4 is 5.73 Å². The highest BCUT2D eigenvalue weighted by Crippen LogP contribution is 2.23. The van der Waals surface area contributed by atoms with Crippen LogP contribution in [0.4, 0.5) is 0 Å². The predicted octanol–water partition coefficient (Wildman–Crippen LogP) is 2.63. The van der Waals surface area contributed by atoms with Crippen molar-refractivity contribution in [2.75, 3.05) is 0 Å². The molecular formula is C16H17N5. The van der Waals surface area contributed by atoms with Gasteiger partial charge in [-0.05, 0) is 56.2 Å². The van der Waals surface area contributed by atoms with Gasteiger partial charge in [-0.3, -0.25) is 9.98 Å². The standard InChI is InChI=1S/C16H17N5/c1-9-6-13-14(7-10(9)2)21(8-19-13)16-12(15(17)18)5-4-11(3)20-16/h4-8H,1-3H3,(H3,17,18). The number of benzene rings is 1. The van der Waals surface area contributed by atoms with Crippen molar-refractivity contribution in [3.63, 3.8) is 0 Å². The molecule has 5 heteroatoms. The van der Waals surface area contributed by atoms with Gasteiger partial charge in [-0.25, -0.2) is 9.97 Å². The first kappa shape index (κ1) is 13.3. The lowest BCUT2D eigenvalue weighted by molar-refractivity contribution is 0.993. The Morgan fingerprint density at radius 2 is 1.86 bits per heavy atom. The molecule has 21 heavy (non-hydrogen) atoms. The molecule has 3 rings (SSSR count). The molecule has 3 N–H and O–H groups in total. The second-order valence-electron chi connectivity index (χ2n) is 5.28.